The fourth-order valence-electron chi connectivity index (χ4n) is 3.94. The van der Waals surface area contributed by atoms with E-state index in [1.165, 1.54) is 0 Å². The van der Waals surface area contributed by atoms with Crippen molar-refractivity contribution < 1.29 is 9.84 Å². The fraction of sp³-hybridized carbons (Fsp3) is 0.929. The monoisotopic (exact) mass is 237 g/mol. The second-order valence-corrected chi connectivity index (χ2v) is 6.72. The van der Waals surface area contributed by atoms with Gasteiger partial charge in [0.2, 0.25) is 0 Å². The molecule has 3 heteroatoms. The minimum atomic E-state index is -0.883. The zero-order valence-electron chi connectivity index (χ0n) is 11.1. The summed E-state index contributed by atoms with van der Waals surface area (Å²) in [6, 6.07) is 2.39. The van der Waals surface area contributed by atoms with Crippen molar-refractivity contribution >= 4 is 0 Å². The molecule has 1 saturated carbocycles. The number of ether oxygens (including phenoxy) is 1. The molecule has 0 aromatic rings. The third-order valence-electron chi connectivity index (χ3n) is 4.71. The van der Waals surface area contributed by atoms with E-state index in [0.717, 1.165) is 25.9 Å². The highest BCUT2D eigenvalue weighted by Gasteiger charge is 2.60. The number of nitriles is 1. The van der Waals surface area contributed by atoms with Gasteiger partial charge in [0.1, 0.15) is 5.41 Å². The van der Waals surface area contributed by atoms with Gasteiger partial charge in [-0.15, -0.1) is 0 Å². The zero-order chi connectivity index (χ0) is 12.7. The molecule has 1 heterocycles. The molecule has 3 unspecified atom stereocenters. The Kier molecular flexibility index (Phi) is 3.00. The smallest absolute Gasteiger partial charge is 0.110 e. The number of hydrogen-bond donors (Lipinski definition) is 1. The predicted molar refractivity (Wildman–Crippen MR) is 65.2 cm³/mol. The Balaban J connectivity index is 2.33. The molecule has 2 rings (SSSR count). The van der Waals surface area contributed by atoms with Crippen molar-refractivity contribution in [1.82, 2.24) is 0 Å². The van der Waals surface area contributed by atoms with Gasteiger partial charge in [-0.05, 0) is 37.0 Å². The SMILES string of the molecule is CC1CC(C)(C)CC1(O)C1(C#N)CCCOC1. The highest BCUT2D eigenvalue weighted by molar-refractivity contribution is 5.18. The summed E-state index contributed by atoms with van der Waals surface area (Å²) in [5.74, 6) is 0.166. The minimum absolute atomic E-state index is 0.120. The van der Waals surface area contributed by atoms with E-state index in [4.69, 9.17) is 4.74 Å². The van der Waals surface area contributed by atoms with E-state index in [2.05, 4.69) is 26.8 Å². The van der Waals surface area contributed by atoms with Crippen molar-refractivity contribution in [2.45, 2.75) is 52.1 Å². The first kappa shape index (κ1) is 12.9. The van der Waals surface area contributed by atoms with Gasteiger partial charge in [0.15, 0.2) is 0 Å². The van der Waals surface area contributed by atoms with Gasteiger partial charge in [0, 0.05) is 6.61 Å². The summed E-state index contributed by atoms with van der Waals surface area (Å²) in [5, 5.41) is 20.6. The minimum Gasteiger partial charge on any atom is -0.388 e. The third-order valence-corrected chi connectivity index (χ3v) is 4.71. The topological polar surface area (TPSA) is 53.2 Å². The van der Waals surface area contributed by atoms with Gasteiger partial charge in [0.05, 0.1) is 18.3 Å². The second kappa shape index (κ2) is 3.96. The Hall–Kier alpha value is -0.590. The normalized spacial score (nSPS) is 45.5. The lowest BCUT2D eigenvalue weighted by Gasteiger charge is -2.45. The van der Waals surface area contributed by atoms with Crippen molar-refractivity contribution in [3.05, 3.63) is 0 Å². The third kappa shape index (κ3) is 1.88. The van der Waals surface area contributed by atoms with E-state index < -0.39 is 11.0 Å². The summed E-state index contributed by atoms with van der Waals surface area (Å²) >= 11 is 0. The van der Waals surface area contributed by atoms with Crippen molar-refractivity contribution in [2.24, 2.45) is 16.7 Å². The Bertz CT molecular complexity index is 339. The first-order valence-corrected chi connectivity index (χ1v) is 6.57. The van der Waals surface area contributed by atoms with Gasteiger partial charge in [-0.25, -0.2) is 0 Å². The Morgan fingerprint density at radius 2 is 2.12 bits per heavy atom. The molecule has 2 aliphatic rings. The highest BCUT2D eigenvalue weighted by atomic mass is 16.5. The van der Waals surface area contributed by atoms with Crippen LogP contribution < -0.4 is 0 Å². The molecule has 0 aromatic carbocycles. The molecule has 3 atom stereocenters. The van der Waals surface area contributed by atoms with Gasteiger partial charge >= 0.3 is 0 Å². The lowest BCUT2D eigenvalue weighted by molar-refractivity contribution is -0.137. The van der Waals surface area contributed by atoms with Crippen molar-refractivity contribution in [3.8, 4) is 6.07 Å². The number of hydrogen-bond acceptors (Lipinski definition) is 3. The molecular formula is C14H23NO2. The summed E-state index contributed by atoms with van der Waals surface area (Å²) in [6.07, 6.45) is 3.33. The summed E-state index contributed by atoms with van der Waals surface area (Å²) in [6.45, 7) is 7.53. The van der Waals surface area contributed by atoms with Crippen LogP contribution in [-0.4, -0.2) is 23.9 Å². The van der Waals surface area contributed by atoms with Crippen LogP contribution in [0.4, 0.5) is 0 Å². The van der Waals surface area contributed by atoms with Crippen LogP contribution in [0.3, 0.4) is 0 Å². The summed E-state index contributed by atoms with van der Waals surface area (Å²) in [7, 11) is 0. The molecule has 1 N–H and O–H groups in total. The average Bonchev–Trinajstić information content (AvgIpc) is 2.49. The van der Waals surface area contributed by atoms with Gasteiger partial charge in [0.25, 0.3) is 0 Å². The van der Waals surface area contributed by atoms with E-state index in [1.807, 2.05) is 0 Å². The molecule has 0 spiro atoms. The first-order valence-electron chi connectivity index (χ1n) is 6.57. The Morgan fingerprint density at radius 1 is 1.41 bits per heavy atom. The summed E-state index contributed by atoms with van der Waals surface area (Å²) < 4.78 is 5.49. The van der Waals surface area contributed by atoms with E-state index in [1.54, 1.807) is 0 Å². The van der Waals surface area contributed by atoms with Crippen LogP contribution in [0, 0.1) is 28.1 Å². The zero-order valence-corrected chi connectivity index (χ0v) is 11.1. The average molecular weight is 237 g/mol. The maximum absolute atomic E-state index is 11.1. The van der Waals surface area contributed by atoms with Gasteiger partial charge in [-0.2, -0.15) is 5.26 Å². The van der Waals surface area contributed by atoms with Gasteiger partial charge < -0.3 is 9.84 Å². The van der Waals surface area contributed by atoms with E-state index in [-0.39, 0.29) is 11.3 Å². The van der Waals surface area contributed by atoms with E-state index >= 15 is 0 Å². The van der Waals surface area contributed by atoms with Crippen LogP contribution in [0.1, 0.15) is 46.5 Å². The van der Waals surface area contributed by atoms with Crippen LogP contribution in [0.25, 0.3) is 0 Å². The number of aliphatic hydroxyl groups is 1. The molecule has 3 nitrogen and oxygen atoms in total. The Labute approximate surface area is 104 Å². The number of nitrogens with zero attached hydrogens (tertiary/aromatic N) is 1. The van der Waals surface area contributed by atoms with Crippen LogP contribution in [0.15, 0.2) is 0 Å². The van der Waals surface area contributed by atoms with Crippen molar-refractivity contribution in [2.75, 3.05) is 13.2 Å². The molecular weight excluding hydrogens is 214 g/mol. The van der Waals surface area contributed by atoms with Gasteiger partial charge in [-0.1, -0.05) is 20.8 Å². The van der Waals surface area contributed by atoms with Crippen LogP contribution in [0.2, 0.25) is 0 Å². The maximum atomic E-state index is 11.1. The molecule has 2 fully saturated rings. The molecule has 1 aliphatic carbocycles. The quantitative estimate of drug-likeness (QED) is 0.762. The molecule has 0 amide bonds. The standard InChI is InChI=1S/C14H23NO2/c1-11-7-12(2,3)8-14(11,16)13(9-15)5-4-6-17-10-13/h11,16H,4-8,10H2,1-3H3. The molecule has 0 aromatic heterocycles. The van der Waals surface area contributed by atoms with Crippen molar-refractivity contribution in [1.29, 1.82) is 5.26 Å². The lowest BCUT2D eigenvalue weighted by Crippen LogP contribution is -2.54. The summed E-state index contributed by atoms with van der Waals surface area (Å²) in [4.78, 5) is 0. The fourth-order valence-corrected chi connectivity index (χ4v) is 3.94. The number of rotatable bonds is 1. The molecule has 96 valence electrons. The van der Waals surface area contributed by atoms with Gasteiger partial charge in [-0.3, -0.25) is 0 Å². The second-order valence-electron chi connectivity index (χ2n) is 6.72. The maximum Gasteiger partial charge on any atom is 0.110 e. The molecule has 17 heavy (non-hydrogen) atoms. The van der Waals surface area contributed by atoms with E-state index in [9.17, 15) is 10.4 Å². The molecule has 1 saturated heterocycles. The van der Waals surface area contributed by atoms with Crippen LogP contribution in [-0.2, 0) is 4.74 Å². The van der Waals surface area contributed by atoms with E-state index in [0.29, 0.717) is 13.0 Å². The first-order chi connectivity index (χ1) is 7.85. The molecule has 1 aliphatic heterocycles. The largest absolute Gasteiger partial charge is 0.388 e. The summed E-state index contributed by atoms with van der Waals surface area (Å²) in [5.41, 5.74) is -1.46. The molecule has 0 bridgehead atoms. The van der Waals surface area contributed by atoms with Crippen LogP contribution in [0.5, 0.6) is 0 Å². The van der Waals surface area contributed by atoms with Crippen LogP contribution >= 0.6 is 0 Å². The lowest BCUT2D eigenvalue weighted by atomic mass is 9.65. The predicted octanol–water partition coefficient (Wildman–Crippen LogP) is 2.49. The highest BCUT2D eigenvalue weighted by Crippen LogP contribution is 2.56. The van der Waals surface area contributed by atoms with Crippen molar-refractivity contribution in [3.63, 3.8) is 0 Å². The Morgan fingerprint density at radius 3 is 2.53 bits per heavy atom. The molecule has 0 radical (unpaired) electrons.